The number of hydrazone groups is 1. The molecule has 0 unspecified atom stereocenters. The first-order valence-corrected chi connectivity index (χ1v) is 9.21. The van der Waals surface area contributed by atoms with Crippen LogP contribution in [0.15, 0.2) is 88.4 Å². The SMILES string of the molecule is O=C(Cc1cccc2ccccc12)N/N=C\c1ccc(-c2cccc(Cl)c2)o1. The van der Waals surface area contributed by atoms with Crippen LogP contribution in [0.5, 0.6) is 0 Å². The summed E-state index contributed by atoms with van der Waals surface area (Å²) in [7, 11) is 0. The summed E-state index contributed by atoms with van der Waals surface area (Å²) in [4.78, 5) is 12.2. The molecule has 4 aromatic rings. The molecule has 138 valence electrons. The lowest BCUT2D eigenvalue weighted by molar-refractivity contribution is -0.120. The molecule has 0 fully saturated rings. The molecule has 3 aromatic carbocycles. The van der Waals surface area contributed by atoms with E-state index in [0.29, 0.717) is 16.5 Å². The summed E-state index contributed by atoms with van der Waals surface area (Å²) in [6.07, 6.45) is 1.74. The number of furan rings is 1. The standard InChI is InChI=1S/C23H17ClN2O2/c24-19-9-4-8-18(13-19)22-12-11-20(28-22)15-25-26-23(27)14-17-7-3-6-16-5-1-2-10-21(16)17/h1-13,15H,14H2,(H,26,27)/b25-15-. The zero-order valence-corrected chi connectivity index (χ0v) is 15.7. The average Bonchev–Trinajstić information content (AvgIpc) is 3.17. The van der Waals surface area contributed by atoms with Crippen LogP contribution in [-0.2, 0) is 11.2 Å². The summed E-state index contributed by atoms with van der Waals surface area (Å²) < 4.78 is 5.72. The molecule has 1 heterocycles. The predicted molar refractivity (Wildman–Crippen MR) is 113 cm³/mol. The number of hydrogen-bond acceptors (Lipinski definition) is 3. The van der Waals surface area contributed by atoms with E-state index in [9.17, 15) is 4.79 Å². The number of benzene rings is 3. The first-order valence-electron chi connectivity index (χ1n) is 8.83. The van der Waals surface area contributed by atoms with Gasteiger partial charge in [0, 0.05) is 10.6 Å². The number of nitrogens with one attached hydrogen (secondary N) is 1. The van der Waals surface area contributed by atoms with Gasteiger partial charge in [0.2, 0.25) is 5.91 Å². The lowest BCUT2D eigenvalue weighted by Crippen LogP contribution is -2.19. The van der Waals surface area contributed by atoms with Crippen LogP contribution in [-0.4, -0.2) is 12.1 Å². The maximum atomic E-state index is 12.2. The second-order valence-electron chi connectivity index (χ2n) is 6.32. The Balaban J connectivity index is 1.40. The molecule has 0 saturated carbocycles. The molecular weight excluding hydrogens is 372 g/mol. The summed E-state index contributed by atoms with van der Waals surface area (Å²) in [5, 5.41) is 6.82. The van der Waals surface area contributed by atoms with Gasteiger partial charge in [0.1, 0.15) is 11.5 Å². The number of carbonyl (C=O) groups excluding carboxylic acids is 1. The van der Waals surface area contributed by atoms with E-state index in [0.717, 1.165) is 21.9 Å². The van der Waals surface area contributed by atoms with E-state index in [2.05, 4.69) is 10.5 Å². The fourth-order valence-electron chi connectivity index (χ4n) is 3.05. The Bertz CT molecular complexity index is 1160. The summed E-state index contributed by atoms with van der Waals surface area (Å²) in [6.45, 7) is 0. The second-order valence-corrected chi connectivity index (χ2v) is 6.76. The molecule has 0 aliphatic heterocycles. The summed E-state index contributed by atoms with van der Waals surface area (Å²) in [5.74, 6) is 1.04. The second kappa shape index (κ2) is 8.11. The van der Waals surface area contributed by atoms with Crippen molar-refractivity contribution in [1.82, 2.24) is 5.43 Å². The van der Waals surface area contributed by atoms with Crippen molar-refractivity contribution in [2.75, 3.05) is 0 Å². The summed E-state index contributed by atoms with van der Waals surface area (Å²) >= 11 is 6.01. The fraction of sp³-hybridized carbons (Fsp3) is 0.0435. The van der Waals surface area contributed by atoms with Crippen LogP contribution in [0.25, 0.3) is 22.1 Å². The molecule has 4 rings (SSSR count). The van der Waals surface area contributed by atoms with Gasteiger partial charge in [-0.1, -0.05) is 66.2 Å². The van der Waals surface area contributed by atoms with Gasteiger partial charge >= 0.3 is 0 Å². The Morgan fingerprint density at radius 1 is 1.00 bits per heavy atom. The van der Waals surface area contributed by atoms with Crippen molar-refractivity contribution in [1.29, 1.82) is 0 Å². The van der Waals surface area contributed by atoms with Gasteiger partial charge in [-0.3, -0.25) is 4.79 Å². The molecule has 0 atom stereocenters. The maximum Gasteiger partial charge on any atom is 0.244 e. The number of fused-ring (bicyclic) bond motifs is 1. The highest BCUT2D eigenvalue weighted by Gasteiger charge is 2.07. The topological polar surface area (TPSA) is 54.6 Å². The van der Waals surface area contributed by atoms with E-state index in [1.165, 1.54) is 6.21 Å². The largest absolute Gasteiger partial charge is 0.455 e. The first-order chi connectivity index (χ1) is 13.7. The number of amides is 1. The monoisotopic (exact) mass is 388 g/mol. The zero-order valence-electron chi connectivity index (χ0n) is 14.9. The number of halogens is 1. The number of hydrogen-bond donors (Lipinski definition) is 1. The van der Waals surface area contributed by atoms with Gasteiger partial charge in [0.05, 0.1) is 12.6 Å². The van der Waals surface area contributed by atoms with Gasteiger partial charge in [0.25, 0.3) is 0 Å². The third-order valence-electron chi connectivity index (χ3n) is 4.35. The molecule has 0 aliphatic carbocycles. The lowest BCUT2D eigenvalue weighted by atomic mass is 10.0. The molecular formula is C23H17ClN2O2. The normalized spacial score (nSPS) is 11.2. The molecule has 1 amide bonds. The van der Waals surface area contributed by atoms with Crippen molar-refractivity contribution < 1.29 is 9.21 Å². The molecule has 0 bridgehead atoms. The number of carbonyl (C=O) groups is 1. The Morgan fingerprint density at radius 2 is 1.82 bits per heavy atom. The van der Waals surface area contributed by atoms with Gasteiger partial charge in [-0.15, -0.1) is 0 Å². The molecule has 5 heteroatoms. The molecule has 1 aromatic heterocycles. The van der Waals surface area contributed by atoms with E-state index < -0.39 is 0 Å². The Morgan fingerprint density at radius 3 is 2.71 bits per heavy atom. The molecule has 28 heavy (non-hydrogen) atoms. The minimum Gasteiger partial charge on any atom is -0.455 e. The van der Waals surface area contributed by atoms with E-state index in [1.807, 2.05) is 72.8 Å². The zero-order chi connectivity index (χ0) is 19.3. The highest BCUT2D eigenvalue weighted by Crippen LogP contribution is 2.24. The predicted octanol–water partition coefficient (Wildman–Crippen LogP) is 5.45. The lowest BCUT2D eigenvalue weighted by Gasteiger charge is -2.05. The van der Waals surface area contributed by atoms with Gasteiger partial charge < -0.3 is 4.42 Å². The first kappa shape index (κ1) is 18.0. The van der Waals surface area contributed by atoms with Crippen molar-refractivity contribution in [3.63, 3.8) is 0 Å². The Labute approximate surface area is 167 Å². The number of nitrogens with zero attached hydrogens (tertiary/aromatic N) is 1. The number of rotatable bonds is 5. The smallest absolute Gasteiger partial charge is 0.244 e. The summed E-state index contributed by atoms with van der Waals surface area (Å²) in [6, 6.07) is 25.0. The van der Waals surface area contributed by atoms with E-state index in [-0.39, 0.29) is 12.3 Å². The van der Waals surface area contributed by atoms with Gasteiger partial charge in [-0.25, -0.2) is 5.43 Å². The Kier molecular flexibility index (Phi) is 5.22. The van der Waals surface area contributed by atoms with Crippen LogP contribution in [0, 0.1) is 0 Å². The van der Waals surface area contributed by atoms with Gasteiger partial charge in [0.15, 0.2) is 0 Å². The molecule has 0 radical (unpaired) electrons. The van der Waals surface area contributed by atoms with Crippen molar-refractivity contribution in [2.45, 2.75) is 6.42 Å². The molecule has 1 N–H and O–H groups in total. The van der Waals surface area contributed by atoms with Crippen LogP contribution < -0.4 is 5.43 Å². The quantitative estimate of drug-likeness (QED) is 0.365. The van der Waals surface area contributed by atoms with Crippen molar-refractivity contribution >= 4 is 34.5 Å². The van der Waals surface area contributed by atoms with Crippen LogP contribution in [0.4, 0.5) is 0 Å². The van der Waals surface area contributed by atoms with Crippen molar-refractivity contribution in [2.24, 2.45) is 5.10 Å². The van der Waals surface area contributed by atoms with Crippen molar-refractivity contribution in [3.8, 4) is 11.3 Å². The van der Waals surface area contributed by atoms with E-state index >= 15 is 0 Å². The van der Waals surface area contributed by atoms with Crippen LogP contribution in [0.2, 0.25) is 5.02 Å². The molecule has 0 spiro atoms. The van der Waals surface area contributed by atoms with Crippen LogP contribution in [0.1, 0.15) is 11.3 Å². The van der Waals surface area contributed by atoms with Crippen LogP contribution in [0.3, 0.4) is 0 Å². The highest BCUT2D eigenvalue weighted by molar-refractivity contribution is 6.30. The minimum absolute atomic E-state index is 0.186. The molecule has 4 nitrogen and oxygen atoms in total. The Hall–Kier alpha value is -3.37. The third kappa shape index (κ3) is 4.13. The third-order valence-corrected chi connectivity index (χ3v) is 4.58. The van der Waals surface area contributed by atoms with Crippen molar-refractivity contribution in [3.05, 3.63) is 95.2 Å². The van der Waals surface area contributed by atoms with Crippen LogP contribution >= 0.6 is 11.6 Å². The molecule has 0 saturated heterocycles. The average molecular weight is 389 g/mol. The van der Waals surface area contributed by atoms with Gasteiger partial charge in [-0.2, -0.15) is 5.10 Å². The maximum absolute atomic E-state index is 12.2. The van der Waals surface area contributed by atoms with Gasteiger partial charge in [-0.05, 0) is 40.6 Å². The minimum atomic E-state index is -0.186. The fourth-order valence-corrected chi connectivity index (χ4v) is 3.24. The molecule has 0 aliphatic rings. The summed E-state index contributed by atoms with van der Waals surface area (Å²) in [5.41, 5.74) is 4.40. The van der Waals surface area contributed by atoms with E-state index in [1.54, 1.807) is 6.07 Å². The highest BCUT2D eigenvalue weighted by atomic mass is 35.5. The van der Waals surface area contributed by atoms with E-state index in [4.69, 9.17) is 16.0 Å².